The van der Waals surface area contributed by atoms with Crippen molar-refractivity contribution in [1.29, 1.82) is 0 Å². The summed E-state index contributed by atoms with van der Waals surface area (Å²) in [6.07, 6.45) is 7.25. The van der Waals surface area contributed by atoms with Crippen LogP contribution >= 0.6 is 0 Å². The predicted octanol–water partition coefficient (Wildman–Crippen LogP) is 3.03. The second-order valence-electron chi connectivity index (χ2n) is 5.44. The third-order valence-electron chi connectivity index (χ3n) is 3.74. The average Bonchev–Trinajstić information content (AvgIpc) is 2.48. The van der Waals surface area contributed by atoms with E-state index in [9.17, 15) is 0 Å². The monoisotopic (exact) mass is 268 g/mol. The second-order valence-corrected chi connectivity index (χ2v) is 5.44. The minimum absolute atomic E-state index is 0.298. The highest BCUT2D eigenvalue weighted by molar-refractivity contribution is 5.49. The molecular weight excluding hydrogens is 248 g/mol. The van der Waals surface area contributed by atoms with E-state index in [0.717, 1.165) is 24.3 Å². The SMILES string of the molecule is CN(C)c1ccc(NC2CCCc3cccnc32)cn1. The van der Waals surface area contributed by atoms with Crippen molar-refractivity contribution < 1.29 is 0 Å². The summed E-state index contributed by atoms with van der Waals surface area (Å²) in [5.74, 6) is 0.970. The molecule has 0 aromatic carbocycles. The van der Waals surface area contributed by atoms with Gasteiger partial charge < -0.3 is 10.2 Å². The molecule has 0 spiro atoms. The summed E-state index contributed by atoms with van der Waals surface area (Å²) < 4.78 is 0. The topological polar surface area (TPSA) is 41.0 Å². The number of fused-ring (bicyclic) bond motifs is 1. The van der Waals surface area contributed by atoms with Gasteiger partial charge in [0, 0.05) is 20.3 Å². The van der Waals surface area contributed by atoms with Crippen LogP contribution in [-0.2, 0) is 6.42 Å². The van der Waals surface area contributed by atoms with Crippen molar-refractivity contribution in [2.45, 2.75) is 25.3 Å². The molecule has 1 aliphatic rings. The first-order valence-corrected chi connectivity index (χ1v) is 7.08. The van der Waals surface area contributed by atoms with Gasteiger partial charge in [-0.3, -0.25) is 4.98 Å². The first-order valence-electron chi connectivity index (χ1n) is 7.08. The molecule has 104 valence electrons. The van der Waals surface area contributed by atoms with Crippen LogP contribution in [0.15, 0.2) is 36.7 Å². The normalized spacial score (nSPS) is 17.4. The first kappa shape index (κ1) is 12.9. The second kappa shape index (κ2) is 5.49. The smallest absolute Gasteiger partial charge is 0.128 e. The Balaban J connectivity index is 1.78. The van der Waals surface area contributed by atoms with Gasteiger partial charge in [0.2, 0.25) is 0 Å². The van der Waals surface area contributed by atoms with Crippen LogP contribution < -0.4 is 10.2 Å². The maximum Gasteiger partial charge on any atom is 0.128 e. The van der Waals surface area contributed by atoms with Gasteiger partial charge in [-0.15, -0.1) is 0 Å². The van der Waals surface area contributed by atoms with Crippen LogP contribution in [0.25, 0.3) is 0 Å². The Morgan fingerprint density at radius 2 is 2.10 bits per heavy atom. The summed E-state index contributed by atoms with van der Waals surface area (Å²) in [4.78, 5) is 11.0. The molecule has 0 fully saturated rings. The number of hydrogen-bond acceptors (Lipinski definition) is 4. The van der Waals surface area contributed by atoms with Gasteiger partial charge in [-0.2, -0.15) is 0 Å². The molecule has 2 aromatic rings. The number of aromatic nitrogens is 2. The lowest BCUT2D eigenvalue weighted by Crippen LogP contribution is -2.19. The summed E-state index contributed by atoms with van der Waals surface area (Å²) in [7, 11) is 3.99. The van der Waals surface area contributed by atoms with E-state index >= 15 is 0 Å². The van der Waals surface area contributed by atoms with Crippen molar-refractivity contribution >= 4 is 11.5 Å². The number of nitrogens with one attached hydrogen (secondary N) is 1. The first-order chi connectivity index (χ1) is 9.74. The fraction of sp³-hybridized carbons (Fsp3) is 0.375. The van der Waals surface area contributed by atoms with E-state index in [1.54, 1.807) is 0 Å². The van der Waals surface area contributed by atoms with Crippen molar-refractivity contribution in [3.05, 3.63) is 47.9 Å². The van der Waals surface area contributed by atoms with Crippen LogP contribution in [0.2, 0.25) is 0 Å². The van der Waals surface area contributed by atoms with Crippen LogP contribution in [0.1, 0.15) is 30.1 Å². The molecule has 2 heterocycles. The lowest BCUT2D eigenvalue weighted by atomic mass is 9.92. The number of hydrogen-bond donors (Lipinski definition) is 1. The van der Waals surface area contributed by atoms with E-state index < -0.39 is 0 Å². The highest BCUT2D eigenvalue weighted by atomic mass is 15.1. The molecule has 0 radical (unpaired) electrons. The predicted molar refractivity (Wildman–Crippen MR) is 82.1 cm³/mol. The number of nitrogens with zero attached hydrogens (tertiary/aromatic N) is 3. The Hall–Kier alpha value is -2.10. The number of rotatable bonds is 3. The highest BCUT2D eigenvalue weighted by Crippen LogP contribution is 2.30. The summed E-state index contributed by atoms with van der Waals surface area (Å²) in [6.45, 7) is 0. The average molecular weight is 268 g/mol. The zero-order chi connectivity index (χ0) is 13.9. The van der Waals surface area contributed by atoms with Crippen molar-refractivity contribution in [2.75, 3.05) is 24.3 Å². The van der Waals surface area contributed by atoms with E-state index in [-0.39, 0.29) is 0 Å². The molecule has 0 saturated carbocycles. The fourth-order valence-electron chi connectivity index (χ4n) is 2.69. The lowest BCUT2D eigenvalue weighted by molar-refractivity contribution is 0.583. The van der Waals surface area contributed by atoms with Gasteiger partial charge in [0.25, 0.3) is 0 Å². The summed E-state index contributed by atoms with van der Waals surface area (Å²) >= 11 is 0. The highest BCUT2D eigenvalue weighted by Gasteiger charge is 2.20. The van der Waals surface area contributed by atoms with Crippen LogP contribution in [0.4, 0.5) is 11.5 Å². The van der Waals surface area contributed by atoms with E-state index in [4.69, 9.17) is 0 Å². The zero-order valence-corrected chi connectivity index (χ0v) is 12.0. The number of aryl methyl sites for hydroxylation is 1. The summed E-state index contributed by atoms with van der Waals surface area (Å²) in [6, 6.07) is 8.62. The molecule has 1 N–H and O–H groups in total. The van der Waals surface area contributed by atoms with Gasteiger partial charge in [-0.1, -0.05) is 6.07 Å². The van der Waals surface area contributed by atoms with Crippen molar-refractivity contribution in [1.82, 2.24) is 9.97 Å². The van der Waals surface area contributed by atoms with Gasteiger partial charge in [0.05, 0.1) is 23.6 Å². The largest absolute Gasteiger partial charge is 0.375 e. The Bertz CT molecular complexity index is 577. The van der Waals surface area contributed by atoms with E-state index in [1.807, 2.05) is 43.5 Å². The number of anilines is 2. The molecule has 20 heavy (non-hydrogen) atoms. The van der Waals surface area contributed by atoms with Crippen LogP contribution in [0, 0.1) is 0 Å². The maximum atomic E-state index is 4.55. The Morgan fingerprint density at radius 1 is 1.20 bits per heavy atom. The molecule has 1 unspecified atom stereocenters. The van der Waals surface area contributed by atoms with Gasteiger partial charge in [-0.05, 0) is 43.0 Å². The Morgan fingerprint density at radius 3 is 2.85 bits per heavy atom. The molecule has 2 aromatic heterocycles. The van der Waals surface area contributed by atoms with Crippen LogP contribution in [0.5, 0.6) is 0 Å². The molecule has 1 atom stereocenters. The Kier molecular flexibility index (Phi) is 3.54. The van der Waals surface area contributed by atoms with E-state index in [0.29, 0.717) is 6.04 Å². The van der Waals surface area contributed by atoms with E-state index in [2.05, 4.69) is 27.4 Å². The van der Waals surface area contributed by atoms with Gasteiger partial charge in [0.1, 0.15) is 5.82 Å². The Labute approximate surface area is 119 Å². The standard InChI is InChI=1S/C16H20N4/c1-20(2)15-9-8-13(11-18-15)19-14-7-3-5-12-6-4-10-17-16(12)14/h4,6,8-11,14,19H,3,5,7H2,1-2H3. The molecule has 0 amide bonds. The fourth-order valence-corrected chi connectivity index (χ4v) is 2.69. The van der Waals surface area contributed by atoms with Crippen molar-refractivity contribution in [3.8, 4) is 0 Å². The molecule has 4 nitrogen and oxygen atoms in total. The molecule has 0 bridgehead atoms. The lowest BCUT2D eigenvalue weighted by Gasteiger charge is -2.26. The van der Waals surface area contributed by atoms with Crippen LogP contribution in [-0.4, -0.2) is 24.1 Å². The number of pyridine rings is 2. The van der Waals surface area contributed by atoms with Gasteiger partial charge in [-0.25, -0.2) is 4.98 Å². The van der Waals surface area contributed by atoms with Crippen LogP contribution in [0.3, 0.4) is 0 Å². The van der Waals surface area contributed by atoms with Gasteiger partial charge >= 0.3 is 0 Å². The molecule has 4 heteroatoms. The molecular formula is C16H20N4. The molecule has 0 aliphatic heterocycles. The van der Waals surface area contributed by atoms with E-state index in [1.165, 1.54) is 17.7 Å². The quantitative estimate of drug-likeness (QED) is 0.929. The molecule has 1 aliphatic carbocycles. The van der Waals surface area contributed by atoms with Crippen molar-refractivity contribution in [2.24, 2.45) is 0 Å². The molecule has 0 saturated heterocycles. The minimum Gasteiger partial charge on any atom is -0.375 e. The van der Waals surface area contributed by atoms with Gasteiger partial charge in [0.15, 0.2) is 0 Å². The summed E-state index contributed by atoms with van der Waals surface area (Å²) in [5.41, 5.74) is 3.61. The van der Waals surface area contributed by atoms with Crippen molar-refractivity contribution in [3.63, 3.8) is 0 Å². The minimum atomic E-state index is 0.298. The zero-order valence-electron chi connectivity index (χ0n) is 12.0. The third kappa shape index (κ3) is 2.59. The third-order valence-corrected chi connectivity index (χ3v) is 3.74. The summed E-state index contributed by atoms with van der Waals surface area (Å²) in [5, 5.41) is 3.56. The maximum absolute atomic E-state index is 4.55. The molecule has 3 rings (SSSR count).